The molecule has 1 unspecified atom stereocenters. The molecule has 1 atom stereocenters. The van der Waals surface area contributed by atoms with Gasteiger partial charge in [-0.15, -0.1) is 0 Å². The van der Waals surface area contributed by atoms with E-state index in [2.05, 4.69) is 66.8 Å². The Hall–Kier alpha value is -0.540. The molecule has 0 aliphatic rings. The van der Waals surface area contributed by atoms with E-state index >= 15 is 0 Å². The molecular formula is C15H25BrN2. The fourth-order valence-electron chi connectivity index (χ4n) is 2.24. The summed E-state index contributed by atoms with van der Waals surface area (Å²) < 4.78 is 1.16. The second kappa shape index (κ2) is 7.15. The molecule has 0 saturated carbocycles. The number of hydrogen-bond acceptors (Lipinski definition) is 2. The van der Waals surface area contributed by atoms with Crippen molar-refractivity contribution in [3.8, 4) is 0 Å². The first kappa shape index (κ1) is 15.5. The molecule has 1 aromatic carbocycles. The molecule has 102 valence electrons. The van der Waals surface area contributed by atoms with Gasteiger partial charge in [0.1, 0.15) is 0 Å². The van der Waals surface area contributed by atoms with Crippen molar-refractivity contribution in [2.75, 3.05) is 18.5 Å². The van der Waals surface area contributed by atoms with E-state index in [1.165, 1.54) is 17.7 Å². The largest absolute Gasteiger partial charge is 0.371 e. The van der Waals surface area contributed by atoms with Gasteiger partial charge in [-0.2, -0.15) is 0 Å². The van der Waals surface area contributed by atoms with E-state index in [9.17, 15) is 0 Å². The van der Waals surface area contributed by atoms with Gasteiger partial charge in [0.05, 0.1) is 5.69 Å². The summed E-state index contributed by atoms with van der Waals surface area (Å²) in [6.07, 6.45) is 2.14. The van der Waals surface area contributed by atoms with Gasteiger partial charge in [-0.25, -0.2) is 0 Å². The van der Waals surface area contributed by atoms with Crippen LogP contribution in [0.5, 0.6) is 0 Å². The number of halogens is 1. The lowest BCUT2D eigenvalue weighted by Gasteiger charge is -2.29. The summed E-state index contributed by atoms with van der Waals surface area (Å²) >= 11 is 3.67. The van der Waals surface area contributed by atoms with Gasteiger partial charge in [-0.3, -0.25) is 0 Å². The van der Waals surface area contributed by atoms with Crippen LogP contribution in [-0.2, 0) is 6.42 Å². The average Bonchev–Trinajstić information content (AvgIpc) is 2.28. The summed E-state index contributed by atoms with van der Waals surface area (Å²) in [5.41, 5.74) is 8.13. The maximum Gasteiger partial charge on any atom is 0.0510 e. The first-order valence-corrected chi connectivity index (χ1v) is 7.46. The van der Waals surface area contributed by atoms with E-state index in [-0.39, 0.29) is 0 Å². The third kappa shape index (κ3) is 4.29. The molecular weight excluding hydrogens is 288 g/mol. The number of nitrogens with two attached hydrogens (primary N) is 1. The van der Waals surface area contributed by atoms with Crippen molar-refractivity contribution in [2.45, 2.75) is 39.7 Å². The molecule has 1 aromatic rings. The molecule has 0 heterocycles. The molecule has 3 heteroatoms. The Kier molecular flexibility index (Phi) is 6.16. The zero-order valence-electron chi connectivity index (χ0n) is 11.9. The van der Waals surface area contributed by atoms with E-state index in [1.54, 1.807) is 0 Å². The van der Waals surface area contributed by atoms with Crippen LogP contribution in [0.15, 0.2) is 22.7 Å². The van der Waals surface area contributed by atoms with Crippen molar-refractivity contribution >= 4 is 21.6 Å². The average molecular weight is 313 g/mol. The van der Waals surface area contributed by atoms with Gasteiger partial charge in [0.15, 0.2) is 0 Å². The standard InChI is InChI=1S/C15H25BrN2/c1-11(2)9-12(3)18(4)15-6-5-13(7-8-17)10-14(15)16/h5-6,10-12H,7-9,17H2,1-4H3. The Morgan fingerprint density at radius 1 is 1.28 bits per heavy atom. The van der Waals surface area contributed by atoms with E-state index in [4.69, 9.17) is 5.73 Å². The first-order chi connectivity index (χ1) is 8.45. The zero-order chi connectivity index (χ0) is 13.7. The van der Waals surface area contributed by atoms with Crippen molar-refractivity contribution in [3.63, 3.8) is 0 Å². The van der Waals surface area contributed by atoms with Crippen molar-refractivity contribution in [2.24, 2.45) is 11.7 Å². The lowest BCUT2D eigenvalue weighted by molar-refractivity contribution is 0.504. The van der Waals surface area contributed by atoms with Gasteiger partial charge in [0.2, 0.25) is 0 Å². The Bertz CT molecular complexity index is 377. The van der Waals surface area contributed by atoms with Crippen LogP contribution in [0.3, 0.4) is 0 Å². The van der Waals surface area contributed by atoms with Crippen LogP contribution in [0, 0.1) is 5.92 Å². The second-order valence-corrected chi connectivity index (χ2v) is 6.27. The van der Waals surface area contributed by atoms with Crippen LogP contribution in [0.1, 0.15) is 32.8 Å². The van der Waals surface area contributed by atoms with Gasteiger partial charge in [0, 0.05) is 17.6 Å². The SMILES string of the molecule is CC(C)CC(C)N(C)c1ccc(CCN)cc1Br. The summed E-state index contributed by atoms with van der Waals surface area (Å²) in [4.78, 5) is 2.34. The van der Waals surface area contributed by atoms with Crippen molar-refractivity contribution in [1.82, 2.24) is 0 Å². The third-order valence-electron chi connectivity index (χ3n) is 3.30. The predicted molar refractivity (Wildman–Crippen MR) is 84.2 cm³/mol. The Labute approximate surface area is 120 Å². The van der Waals surface area contributed by atoms with Gasteiger partial charge in [-0.1, -0.05) is 19.9 Å². The lowest BCUT2D eigenvalue weighted by Crippen LogP contribution is -2.30. The summed E-state index contributed by atoms with van der Waals surface area (Å²) in [6, 6.07) is 7.08. The van der Waals surface area contributed by atoms with Crippen LogP contribution in [0.25, 0.3) is 0 Å². The zero-order valence-corrected chi connectivity index (χ0v) is 13.5. The van der Waals surface area contributed by atoms with Crippen LogP contribution in [0.4, 0.5) is 5.69 Å². The lowest BCUT2D eigenvalue weighted by atomic mass is 10.0. The number of benzene rings is 1. The van der Waals surface area contributed by atoms with Gasteiger partial charge < -0.3 is 10.6 Å². The van der Waals surface area contributed by atoms with Gasteiger partial charge in [0.25, 0.3) is 0 Å². The fourth-order valence-corrected chi connectivity index (χ4v) is 2.94. The summed E-state index contributed by atoms with van der Waals surface area (Å²) in [5.74, 6) is 0.720. The summed E-state index contributed by atoms with van der Waals surface area (Å²) in [5, 5.41) is 0. The molecule has 2 nitrogen and oxygen atoms in total. The normalized spacial score (nSPS) is 12.8. The monoisotopic (exact) mass is 312 g/mol. The highest BCUT2D eigenvalue weighted by Gasteiger charge is 2.14. The third-order valence-corrected chi connectivity index (χ3v) is 3.93. The topological polar surface area (TPSA) is 29.3 Å². The molecule has 0 aromatic heterocycles. The molecule has 0 saturated heterocycles. The highest BCUT2D eigenvalue weighted by Crippen LogP contribution is 2.29. The molecule has 0 fully saturated rings. The quantitative estimate of drug-likeness (QED) is 0.865. The van der Waals surface area contributed by atoms with Gasteiger partial charge in [-0.05, 0) is 65.9 Å². The first-order valence-electron chi connectivity index (χ1n) is 6.67. The maximum absolute atomic E-state index is 5.59. The van der Waals surface area contributed by atoms with E-state index in [0.29, 0.717) is 12.6 Å². The second-order valence-electron chi connectivity index (χ2n) is 5.41. The van der Waals surface area contributed by atoms with Crippen LogP contribution >= 0.6 is 15.9 Å². The van der Waals surface area contributed by atoms with E-state index < -0.39 is 0 Å². The van der Waals surface area contributed by atoms with Gasteiger partial charge >= 0.3 is 0 Å². The number of anilines is 1. The molecule has 2 N–H and O–H groups in total. The molecule has 0 bridgehead atoms. The smallest absolute Gasteiger partial charge is 0.0510 e. The predicted octanol–water partition coefficient (Wildman–Crippen LogP) is 3.82. The Morgan fingerprint density at radius 2 is 1.94 bits per heavy atom. The van der Waals surface area contributed by atoms with Crippen molar-refractivity contribution in [3.05, 3.63) is 28.2 Å². The molecule has 0 aliphatic heterocycles. The number of hydrogen-bond donors (Lipinski definition) is 1. The highest BCUT2D eigenvalue weighted by atomic mass is 79.9. The minimum atomic E-state index is 0.543. The summed E-state index contributed by atoms with van der Waals surface area (Å²) in [7, 11) is 2.16. The van der Waals surface area contributed by atoms with Crippen molar-refractivity contribution < 1.29 is 0 Å². The van der Waals surface area contributed by atoms with Crippen LogP contribution < -0.4 is 10.6 Å². The number of nitrogens with zero attached hydrogens (tertiary/aromatic N) is 1. The van der Waals surface area contributed by atoms with E-state index in [0.717, 1.165) is 16.8 Å². The molecule has 1 rings (SSSR count). The Morgan fingerprint density at radius 3 is 2.44 bits per heavy atom. The number of rotatable bonds is 6. The maximum atomic E-state index is 5.59. The minimum Gasteiger partial charge on any atom is -0.371 e. The fraction of sp³-hybridized carbons (Fsp3) is 0.600. The molecule has 0 amide bonds. The minimum absolute atomic E-state index is 0.543. The van der Waals surface area contributed by atoms with Crippen LogP contribution in [0.2, 0.25) is 0 Å². The molecule has 0 aliphatic carbocycles. The molecule has 0 radical (unpaired) electrons. The molecule has 0 spiro atoms. The van der Waals surface area contributed by atoms with Crippen LogP contribution in [-0.4, -0.2) is 19.6 Å². The van der Waals surface area contributed by atoms with E-state index in [1.807, 2.05) is 0 Å². The van der Waals surface area contributed by atoms with Crippen molar-refractivity contribution in [1.29, 1.82) is 0 Å². The molecule has 18 heavy (non-hydrogen) atoms. The highest BCUT2D eigenvalue weighted by molar-refractivity contribution is 9.10. The Balaban J connectivity index is 2.82. The summed E-state index contributed by atoms with van der Waals surface area (Å²) in [6.45, 7) is 7.51.